The van der Waals surface area contributed by atoms with E-state index >= 15 is 0 Å². The number of benzene rings is 1. The van der Waals surface area contributed by atoms with Crippen molar-refractivity contribution in [1.29, 1.82) is 0 Å². The van der Waals surface area contributed by atoms with Gasteiger partial charge >= 0.3 is 0 Å². The van der Waals surface area contributed by atoms with Crippen LogP contribution in [0.3, 0.4) is 0 Å². The second-order valence-corrected chi connectivity index (χ2v) is 7.74. The molecule has 0 aliphatic carbocycles. The molecular weight excluding hydrogens is 352 g/mol. The van der Waals surface area contributed by atoms with Crippen molar-refractivity contribution in [1.82, 2.24) is 15.5 Å². The molecule has 1 aromatic rings. The van der Waals surface area contributed by atoms with Gasteiger partial charge in [0.2, 0.25) is 0 Å². The van der Waals surface area contributed by atoms with Gasteiger partial charge in [0.1, 0.15) is 11.9 Å². The number of nitrogens with zero attached hydrogens (tertiary/aromatic N) is 2. The van der Waals surface area contributed by atoms with Gasteiger partial charge < -0.3 is 25.0 Å². The van der Waals surface area contributed by atoms with E-state index in [0.717, 1.165) is 49.9 Å². The Morgan fingerprint density at radius 2 is 2.11 bits per heavy atom. The highest BCUT2D eigenvalue weighted by molar-refractivity contribution is 5.79. The summed E-state index contributed by atoms with van der Waals surface area (Å²) >= 11 is 0. The molecule has 0 radical (unpaired) electrons. The Morgan fingerprint density at radius 1 is 1.25 bits per heavy atom. The number of hydrogen-bond acceptors (Lipinski definition) is 4. The average molecular weight is 389 g/mol. The zero-order chi connectivity index (χ0) is 19.6. The van der Waals surface area contributed by atoms with Crippen LogP contribution in [0.5, 0.6) is 5.75 Å². The minimum absolute atomic E-state index is 0.153. The van der Waals surface area contributed by atoms with E-state index in [1.165, 1.54) is 37.9 Å². The van der Waals surface area contributed by atoms with Crippen molar-refractivity contribution >= 4 is 5.96 Å². The van der Waals surface area contributed by atoms with Crippen LogP contribution >= 0.6 is 0 Å². The van der Waals surface area contributed by atoms with Gasteiger partial charge in [0.05, 0.1) is 19.8 Å². The summed E-state index contributed by atoms with van der Waals surface area (Å²) in [5.74, 6) is 1.80. The number of piperidine rings is 1. The monoisotopic (exact) mass is 388 g/mol. The fraction of sp³-hybridized carbons (Fsp3) is 0.682. The van der Waals surface area contributed by atoms with Crippen molar-refractivity contribution in [3.63, 3.8) is 0 Å². The number of guanidine groups is 1. The maximum Gasteiger partial charge on any atom is 0.191 e. The first kappa shape index (κ1) is 20.9. The van der Waals surface area contributed by atoms with Crippen LogP contribution in [-0.4, -0.2) is 62.9 Å². The van der Waals surface area contributed by atoms with Gasteiger partial charge in [-0.15, -0.1) is 0 Å². The molecule has 0 bridgehead atoms. The number of rotatable bonds is 8. The lowest BCUT2D eigenvalue weighted by molar-refractivity contribution is 0.140. The zero-order valence-electron chi connectivity index (χ0n) is 17.5. The second-order valence-electron chi connectivity index (χ2n) is 7.74. The van der Waals surface area contributed by atoms with Crippen LogP contribution in [0.1, 0.15) is 43.7 Å². The predicted octanol–water partition coefficient (Wildman–Crippen LogP) is 2.70. The Bertz CT molecular complexity index is 623. The van der Waals surface area contributed by atoms with E-state index in [9.17, 15) is 0 Å². The molecule has 0 amide bonds. The Morgan fingerprint density at radius 3 is 2.86 bits per heavy atom. The molecule has 2 aliphatic rings. The number of nitrogens with one attached hydrogen (secondary N) is 2. The van der Waals surface area contributed by atoms with Crippen LogP contribution in [-0.2, 0) is 11.3 Å². The summed E-state index contributed by atoms with van der Waals surface area (Å²) in [4.78, 5) is 7.33. The molecule has 2 saturated heterocycles. The number of ether oxygens (including phenoxy) is 2. The standard InChI is InChI=1S/C22H36N4O2/c1-3-23-22(24-10-13-26-11-5-4-6-12-26)25-16-19-8-7-18(2)15-21(19)28-20-9-14-27-17-20/h7-8,15,20H,3-6,9-14,16-17H2,1-2H3,(H2,23,24,25). The molecule has 2 fully saturated rings. The maximum absolute atomic E-state index is 6.20. The van der Waals surface area contributed by atoms with Crippen LogP contribution in [0.25, 0.3) is 0 Å². The molecule has 1 aromatic carbocycles. The van der Waals surface area contributed by atoms with E-state index in [-0.39, 0.29) is 6.10 Å². The Labute approximate surface area is 169 Å². The summed E-state index contributed by atoms with van der Waals surface area (Å²) in [7, 11) is 0. The number of aryl methyl sites for hydroxylation is 1. The number of hydrogen-bond donors (Lipinski definition) is 2. The minimum atomic E-state index is 0.153. The van der Waals surface area contributed by atoms with Crippen molar-refractivity contribution < 1.29 is 9.47 Å². The van der Waals surface area contributed by atoms with Crippen molar-refractivity contribution in [3.8, 4) is 5.75 Å². The molecule has 2 N–H and O–H groups in total. The summed E-state index contributed by atoms with van der Waals surface area (Å²) in [6.07, 6.45) is 5.15. The van der Waals surface area contributed by atoms with Crippen LogP contribution < -0.4 is 15.4 Å². The third-order valence-electron chi connectivity index (χ3n) is 5.33. The van der Waals surface area contributed by atoms with E-state index in [2.05, 4.69) is 47.6 Å². The summed E-state index contributed by atoms with van der Waals surface area (Å²) in [5, 5.41) is 6.83. The van der Waals surface area contributed by atoms with Crippen LogP contribution in [0.2, 0.25) is 0 Å². The van der Waals surface area contributed by atoms with E-state index in [1.807, 2.05) is 0 Å². The first-order valence-electron chi connectivity index (χ1n) is 10.8. The van der Waals surface area contributed by atoms with E-state index in [4.69, 9.17) is 14.5 Å². The van der Waals surface area contributed by atoms with Gasteiger partial charge in [-0.3, -0.25) is 0 Å². The summed E-state index contributed by atoms with van der Waals surface area (Å²) < 4.78 is 11.6. The van der Waals surface area contributed by atoms with Crippen LogP contribution in [0, 0.1) is 6.92 Å². The fourth-order valence-corrected chi connectivity index (χ4v) is 3.71. The third kappa shape index (κ3) is 6.67. The first-order valence-corrected chi connectivity index (χ1v) is 10.8. The van der Waals surface area contributed by atoms with Gasteiger partial charge in [0, 0.05) is 31.6 Å². The average Bonchev–Trinajstić information content (AvgIpc) is 3.21. The molecule has 6 heteroatoms. The smallest absolute Gasteiger partial charge is 0.191 e. The summed E-state index contributed by atoms with van der Waals surface area (Å²) in [6.45, 7) is 11.6. The molecule has 0 saturated carbocycles. The largest absolute Gasteiger partial charge is 0.488 e. The molecule has 6 nitrogen and oxygen atoms in total. The SMILES string of the molecule is CCNC(=NCc1ccc(C)cc1OC1CCOC1)NCCN1CCCCC1. The Hall–Kier alpha value is -1.79. The lowest BCUT2D eigenvalue weighted by atomic mass is 10.1. The first-order chi connectivity index (χ1) is 13.7. The highest BCUT2D eigenvalue weighted by Gasteiger charge is 2.18. The van der Waals surface area contributed by atoms with Crippen LogP contribution in [0.4, 0.5) is 0 Å². The Balaban J connectivity index is 1.56. The molecule has 3 rings (SSSR count). The normalized spacial score (nSPS) is 20.9. The van der Waals surface area contributed by atoms with Gasteiger partial charge in [0.25, 0.3) is 0 Å². The topological polar surface area (TPSA) is 58.1 Å². The predicted molar refractivity (Wildman–Crippen MR) is 114 cm³/mol. The summed E-state index contributed by atoms with van der Waals surface area (Å²) in [6, 6.07) is 6.36. The molecule has 0 spiro atoms. The van der Waals surface area contributed by atoms with Crippen molar-refractivity contribution in [2.45, 2.75) is 52.2 Å². The number of likely N-dealkylation sites (tertiary alicyclic amines) is 1. The highest BCUT2D eigenvalue weighted by Crippen LogP contribution is 2.24. The Kier molecular flexibility index (Phi) is 8.42. The van der Waals surface area contributed by atoms with Crippen molar-refractivity contribution in [3.05, 3.63) is 29.3 Å². The second kappa shape index (κ2) is 11.3. The van der Waals surface area contributed by atoms with Gasteiger partial charge in [-0.2, -0.15) is 0 Å². The quantitative estimate of drug-likeness (QED) is 0.530. The molecule has 28 heavy (non-hydrogen) atoms. The molecule has 0 aromatic heterocycles. The van der Waals surface area contributed by atoms with Gasteiger partial charge in [-0.1, -0.05) is 18.6 Å². The van der Waals surface area contributed by atoms with E-state index in [1.54, 1.807) is 0 Å². The molecule has 1 atom stereocenters. The van der Waals surface area contributed by atoms with Gasteiger partial charge in [-0.25, -0.2) is 4.99 Å². The van der Waals surface area contributed by atoms with Crippen molar-refractivity contribution in [2.24, 2.45) is 4.99 Å². The minimum Gasteiger partial charge on any atom is -0.488 e. The molecular formula is C22H36N4O2. The van der Waals surface area contributed by atoms with Crippen LogP contribution in [0.15, 0.2) is 23.2 Å². The third-order valence-corrected chi connectivity index (χ3v) is 5.33. The van der Waals surface area contributed by atoms with E-state index < -0.39 is 0 Å². The molecule has 156 valence electrons. The number of aliphatic imine (C=N–C) groups is 1. The zero-order valence-corrected chi connectivity index (χ0v) is 17.5. The van der Waals surface area contributed by atoms with E-state index in [0.29, 0.717) is 13.2 Å². The summed E-state index contributed by atoms with van der Waals surface area (Å²) in [5.41, 5.74) is 2.32. The lowest BCUT2D eigenvalue weighted by Crippen LogP contribution is -2.42. The fourth-order valence-electron chi connectivity index (χ4n) is 3.71. The lowest BCUT2D eigenvalue weighted by Gasteiger charge is -2.26. The maximum atomic E-state index is 6.20. The van der Waals surface area contributed by atoms with Gasteiger partial charge in [0.15, 0.2) is 5.96 Å². The highest BCUT2D eigenvalue weighted by atomic mass is 16.5. The molecule has 1 unspecified atom stereocenters. The molecule has 2 heterocycles. The van der Waals surface area contributed by atoms with Crippen molar-refractivity contribution in [2.75, 3.05) is 45.9 Å². The molecule has 2 aliphatic heterocycles. The van der Waals surface area contributed by atoms with Gasteiger partial charge in [-0.05, 0) is 51.4 Å².